The van der Waals surface area contributed by atoms with E-state index >= 15 is 0 Å². The number of hydrogen-bond donors (Lipinski definition) is 5. The van der Waals surface area contributed by atoms with Gasteiger partial charge in [0.05, 0.1) is 17.1 Å². The molecule has 0 atom stereocenters. The summed E-state index contributed by atoms with van der Waals surface area (Å²) in [5, 5.41) is 14.0. The van der Waals surface area contributed by atoms with Crippen LogP contribution in [0.15, 0.2) is 140 Å². The number of hydrogen-bond acceptors (Lipinski definition) is 7. The van der Waals surface area contributed by atoms with Gasteiger partial charge in [-0.25, -0.2) is 9.97 Å². The number of nitrogens with two attached hydrogens (primary N) is 1. The van der Waals surface area contributed by atoms with Crippen LogP contribution >= 0.6 is 11.6 Å². The summed E-state index contributed by atoms with van der Waals surface area (Å²) in [6, 6.07) is 46.4. The second kappa shape index (κ2) is 18.7. The van der Waals surface area contributed by atoms with E-state index in [1.54, 1.807) is 6.07 Å². The molecule has 0 radical (unpaired) electrons. The molecule has 4 aromatic carbocycles. The molecule has 0 aliphatic rings. The average molecular weight is 672 g/mol. The number of anilines is 7. The Morgan fingerprint density at radius 3 is 1.45 bits per heavy atom. The van der Waals surface area contributed by atoms with E-state index in [2.05, 4.69) is 97.3 Å². The van der Waals surface area contributed by atoms with Crippen molar-refractivity contribution in [3.8, 4) is 11.3 Å². The molecule has 0 unspecified atom stereocenters. The van der Waals surface area contributed by atoms with Gasteiger partial charge in [-0.05, 0) is 101 Å². The van der Waals surface area contributed by atoms with Crippen molar-refractivity contribution in [2.45, 2.75) is 46.7 Å². The molecule has 2 aromatic heterocycles. The van der Waals surface area contributed by atoms with Gasteiger partial charge in [0.25, 0.3) is 0 Å². The predicted octanol–water partition coefficient (Wildman–Crippen LogP) is 11.2. The molecule has 252 valence electrons. The first-order valence-corrected chi connectivity index (χ1v) is 16.8. The molecule has 2 heterocycles. The Labute approximate surface area is 296 Å². The Hall–Kier alpha value is -5.53. The number of para-hydroxylation sites is 3. The maximum atomic E-state index is 5.94. The highest BCUT2D eigenvalue weighted by Crippen LogP contribution is 2.30. The van der Waals surface area contributed by atoms with Crippen molar-refractivity contribution in [3.05, 3.63) is 150 Å². The van der Waals surface area contributed by atoms with Crippen LogP contribution in [0.1, 0.15) is 33.3 Å². The lowest BCUT2D eigenvalue weighted by atomic mass is 10.1. The maximum absolute atomic E-state index is 5.94. The van der Waals surface area contributed by atoms with E-state index in [1.165, 1.54) is 5.56 Å². The molecule has 0 saturated heterocycles. The van der Waals surface area contributed by atoms with Crippen LogP contribution in [0.3, 0.4) is 0 Å². The number of nitrogen functional groups attached to an aromatic ring is 1. The summed E-state index contributed by atoms with van der Waals surface area (Å²) in [6.07, 6.45) is 0. The SMILES string of the molecule is CC(C)Nc1ccc(Cl)nc1Nc1ccccc1.Cc1ccccc1-c1ccc(NC(C)C)c(Nc2ccccc2)n1.Nc1ccccc1. The monoisotopic (exact) mass is 671 g/mol. The van der Waals surface area contributed by atoms with Gasteiger partial charge in [-0.3, -0.25) is 0 Å². The number of aryl methyl sites for hydroxylation is 1. The van der Waals surface area contributed by atoms with Gasteiger partial charge in [-0.15, -0.1) is 0 Å². The van der Waals surface area contributed by atoms with Crippen LogP contribution in [-0.2, 0) is 0 Å². The minimum absolute atomic E-state index is 0.337. The van der Waals surface area contributed by atoms with Crippen LogP contribution < -0.4 is 27.0 Å². The van der Waals surface area contributed by atoms with E-state index in [0.717, 1.165) is 51.3 Å². The third kappa shape index (κ3) is 12.2. The van der Waals surface area contributed by atoms with Crippen molar-refractivity contribution in [2.24, 2.45) is 0 Å². The lowest BCUT2D eigenvalue weighted by molar-refractivity contribution is 0.898. The number of benzene rings is 4. The summed E-state index contributed by atoms with van der Waals surface area (Å²) in [5.74, 6) is 1.58. The van der Waals surface area contributed by atoms with Crippen molar-refractivity contribution in [2.75, 3.05) is 27.0 Å². The third-order valence-corrected chi connectivity index (χ3v) is 7.15. The summed E-state index contributed by atoms with van der Waals surface area (Å²) < 4.78 is 0. The number of nitrogens with zero attached hydrogens (tertiary/aromatic N) is 2. The Bertz CT molecular complexity index is 1850. The Balaban J connectivity index is 0.000000189. The summed E-state index contributed by atoms with van der Waals surface area (Å²) in [5.41, 5.74) is 13.5. The van der Waals surface area contributed by atoms with Crippen molar-refractivity contribution in [3.63, 3.8) is 0 Å². The van der Waals surface area contributed by atoms with Crippen LogP contribution in [0.5, 0.6) is 0 Å². The van der Waals surface area contributed by atoms with Gasteiger partial charge >= 0.3 is 0 Å². The molecule has 7 nitrogen and oxygen atoms in total. The van der Waals surface area contributed by atoms with E-state index < -0.39 is 0 Å². The number of halogens is 1. The highest BCUT2D eigenvalue weighted by molar-refractivity contribution is 6.29. The molecule has 0 aliphatic heterocycles. The fraction of sp³-hybridized carbons (Fsp3) is 0.171. The van der Waals surface area contributed by atoms with E-state index in [4.69, 9.17) is 22.3 Å². The van der Waals surface area contributed by atoms with Crippen LogP contribution in [0.2, 0.25) is 5.15 Å². The summed E-state index contributed by atoms with van der Waals surface area (Å²) in [7, 11) is 0. The third-order valence-electron chi connectivity index (χ3n) is 6.94. The zero-order chi connectivity index (χ0) is 35.0. The van der Waals surface area contributed by atoms with Crippen LogP contribution in [-0.4, -0.2) is 22.1 Å². The molecular formula is C41H46ClN7. The molecule has 0 spiro atoms. The van der Waals surface area contributed by atoms with Gasteiger partial charge in [0, 0.05) is 34.7 Å². The largest absolute Gasteiger partial charge is 0.399 e. The van der Waals surface area contributed by atoms with Gasteiger partial charge < -0.3 is 27.0 Å². The smallest absolute Gasteiger partial charge is 0.155 e. The zero-order valence-corrected chi connectivity index (χ0v) is 29.5. The molecule has 6 N–H and O–H groups in total. The zero-order valence-electron chi connectivity index (χ0n) is 28.8. The minimum Gasteiger partial charge on any atom is -0.399 e. The first kappa shape index (κ1) is 36.3. The normalized spacial score (nSPS) is 10.3. The van der Waals surface area contributed by atoms with Crippen LogP contribution in [0, 0.1) is 6.92 Å². The standard InChI is InChI=1S/C21H23N3.C14H16ClN3.C6H7N/c1-15(2)22-20-14-13-19(18-12-8-7-9-16(18)3)24-21(20)23-17-10-5-4-6-11-17;1-10(2)16-12-8-9-13(15)18-14(12)17-11-6-4-3-5-7-11;7-6-4-2-1-3-5-6/h4-15,22H,1-3H3,(H,23,24);3-10,16H,1-2H3,(H,17,18);1-5H,7H2. The molecule has 8 heteroatoms. The van der Waals surface area contributed by atoms with Crippen molar-refractivity contribution >= 4 is 51.7 Å². The lowest BCUT2D eigenvalue weighted by Gasteiger charge is -2.17. The number of nitrogens with one attached hydrogen (secondary N) is 4. The summed E-state index contributed by atoms with van der Waals surface area (Å²) in [4.78, 5) is 9.19. The summed E-state index contributed by atoms with van der Waals surface area (Å²) >= 11 is 5.94. The lowest BCUT2D eigenvalue weighted by Crippen LogP contribution is -2.12. The molecule has 0 saturated carbocycles. The molecule has 6 rings (SSSR count). The van der Waals surface area contributed by atoms with Gasteiger partial charge in [-0.1, -0.05) is 90.5 Å². The predicted molar refractivity (Wildman–Crippen MR) is 211 cm³/mol. The van der Waals surface area contributed by atoms with E-state index in [9.17, 15) is 0 Å². The number of pyridine rings is 2. The Morgan fingerprint density at radius 1 is 0.531 bits per heavy atom. The van der Waals surface area contributed by atoms with Gasteiger partial charge in [0.15, 0.2) is 11.6 Å². The van der Waals surface area contributed by atoms with Crippen molar-refractivity contribution in [1.82, 2.24) is 9.97 Å². The fourth-order valence-electron chi connectivity index (χ4n) is 4.72. The number of rotatable bonds is 9. The van der Waals surface area contributed by atoms with E-state index in [0.29, 0.717) is 17.2 Å². The topological polar surface area (TPSA) is 99.9 Å². The minimum atomic E-state index is 0.337. The molecular weight excluding hydrogens is 626 g/mol. The van der Waals surface area contributed by atoms with Crippen molar-refractivity contribution in [1.29, 1.82) is 0 Å². The highest BCUT2D eigenvalue weighted by Gasteiger charge is 2.10. The van der Waals surface area contributed by atoms with Crippen molar-refractivity contribution < 1.29 is 0 Å². The molecule has 0 fully saturated rings. The molecule has 0 amide bonds. The highest BCUT2D eigenvalue weighted by atomic mass is 35.5. The number of aromatic nitrogens is 2. The molecule has 0 aliphatic carbocycles. The Morgan fingerprint density at radius 2 is 0.980 bits per heavy atom. The first-order valence-electron chi connectivity index (χ1n) is 16.4. The van der Waals surface area contributed by atoms with Crippen LogP contribution in [0.4, 0.5) is 40.1 Å². The Kier molecular flexibility index (Phi) is 13.9. The quantitative estimate of drug-likeness (QED) is 0.0770. The average Bonchev–Trinajstić information content (AvgIpc) is 3.09. The summed E-state index contributed by atoms with van der Waals surface area (Å²) in [6.45, 7) is 10.5. The van der Waals surface area contributed by atoms with Crippen LogP contribution in [0.25, 0.3) is 11.3 Å². The van der Waals surface area contributed by atoms with E-state index in [1.807, 2.05) is 97.1 Å². The van der Waals surface area contributed by atoms with Gasteiger partial charge in [0.1, 0.15) is 5.15 Å². The van der Waals surface area contributed by atoms with Gasteiger partial charge in [0.2, 0.25) is 0 Å². The maximum Gasteiger partial charge on any atom is 0.155 e. The first-order chi connectivity index (χ1) is 23.7. The molecule has 49 heavy (non-hydrogen) atoms. The molecule has 6 aromatic rings. The second-order valence-electron chi connectivity index (χ2n) is 11.9. The molecule has 0 bridgehead atoms. The van der Waals surface area contributed by atoms with E-state index in [-0.39, 0.29) is 0 Å². The van der Waals surface area contributed by atoms with Gasteiger partial charge in [-0.2, -0.15) is 0 Å². The fourth-order valence-corrected chi connectivity index (χ4v) is 4.87. The second-order valence-corrected chi connectivity index (χ2v) is 12.3.